The van der Waals surface area contributed by atoms with Crippen molar-refractivity contribution >= 4 is 17.8 Å². The van der Waals surface area contributed by atoms with E-state index in [-0.39, 0.29) is 11.9 Å². The van der Waals surface area contributed by atoms with Crippen LogP contribution in [0, 0.1) is 0 Å². The van der Waals surface area contributed by atoms with Crippen LogP contribution in [0.1, 0.15) is 58.3 Å². The number of amides is 2. The first-order valence-corrected chi connectivity index (χ1v) is 11.8. The van der Waals surface area contributed by atoms with Gasteiger partial charge in [-0.15, -0.1) is 0 Å². The third kappa shape index (κ3) is 8.13. The summed E-state index contributed by atoms with van der Waals surface area (Å²) in [6.45, 7) is 8.06. The molecule has 172 valence electrons. The lowest BCUT2D eigenvalue weighted by molar-refractivity contribution is -0.133. The molecule has 2 aliphatic rings. The molecule has 0 aromatic carbocycles. The van der Waals surface area contributed by atoms with Crippen LogP contribution in [0.5, 0.6) is 0 Å². The summed E-state index contributed by atoms with van der Waals surface area (Å²) in [5.41, 5.74) is 0. The van der Waals surface area contributed by atoms with E-state index in [9.17, 15) is 9.59 Å². The number of carbonyl (C=O) groups excluding carboxylic acids is 2. The fourth-order valence-electron chi connectivity index (χ4n) is 4.23. The highest BCUT2D eigenvalue weighted by atomic mass is 16.2. The number of rotatable bonds is 10. The quantitative estimate of drug-likeness (QED) is 0.315. The van der Waals surface area contributed by atoms with Gasteiger partial charge in [-0.05, 0) is 52.0 Å². The lowest BCUT2D eigenvalue weighted by atomic mass is 10.2. The van der Waals surface area contributed by atoms with Crippen LogP contribution in [0.2, 0.25) is 0 Å². The summed E-state index contributed by atoms with van der Waals surface area (Å²) in [5, 5.41) is 6.70. The number of nitrogens with zero attached hydrogens (tertiary/aromatic N) is 4. The van der Waals surface area contributed by atoms with Crippen LogP contribution in [0.15, 0.2) is 4.99 Å². The summed E-state index contributed by atoms with van der Waals surface area (Å²) >= 11 is 0. The first-order valence-electron chi connectivity index (χ1n) is 11.8. The van der Waals surface area contributed by atoms with Gasteiger partial charge in [0.25, 0.3) is 0 Å². The van der Waals surface area contributed by atoms with E-state index in [1.165, 1.54) is 0 Å². The van der Waals surface area contributed by atoms with Gasteiger partial charge in [0.05, 0.1) is 6.04 Å². The van der Waals surface area contributed by atoms with E-state index in [1.807, 2.05) is 19.0 Å². The van der Waals surface area contributed by atoms with E-state index in [4.69, 9.17) is 0 Å². The minimum absolute atomic E-state index is 0.0450. The molecule has 2 rings (SSSR count). The Morgan fingerprint density at radius 3 is 2.70 bits per heavy atom. The second kappa shape index (κ2) is 13.5. The van der Waals surface area contributed by atoms with Gasteiger partial charge in [0.15, 0.2) is 5.96 Å². The Kier molecular flexibility index (Phi) is 11.0. The van der Waals surface area contributed by atoms with Crippen LogP contribution < -0.4 is 10.6 Å². The minimum Gasteiger partial charge on any atom is -0.357 e. The molecule has 2 heterocycles. The van der Waals surface area contributed by atoms with E-state index >= 15 is 0 Å². The lowest BCUT2D eigenvalue weighted by Crippen LogP contribution is -2.44. The maximum atomic E-state index is 12.3. The summed E-state index contributed by atoms with van der Waals surface area (Å²) in [4.78, 5) is 35.1. The van der Waals surface area contributed by atoms with E-state index in [0.717, 1.165) is 90.2 Å². The summed E-state index contributed by atoms with van der Waals surface area (Å²) in [7, 11) is 3.67. The first-order chi connectivity index (χ1) is 14.5. The monoisotopic (exact) mass is 422 g/mol. The predicted octanol–water partition coefficient (Wildman–Crippen LogP) is 1.28. The van der Waals surface area contributed by atoms with Crippen molar-refractivity contribution < 1.29 is 9.59 Å². The van der Waals surface area contributed by atoms with E-state index in [1.54, 1.807) is 4.90 Å². The molecule has 0 saturated carbocycles. The molecular formula is C22H42N6O2. The van der Waals surface area contributed by atoms with E-state index in [0.29, 0.717) is 18.9 Å². The summed E-state index contributed by atoms with van der Waals surface area (Å²) < 4.78 is 0. The Labute approximate surface area is 182 Å². The Bertz CT molecular complexity index is 566. The summed E-state index contributed by atoms with van der Waals surface area (Å²) in [6, 6.07) is 0.0450. The van der Waals surface area contributed by atoms with Crippen molar-refractivity contribution in [1.82, 2.24) is 25.3 Å². The Balaban J connectivity index is 1.68. The van der Waals surface area contributed by atoms with Crippen molar-refractivity contribution in [2.45, 2.75) is 64.3 Å². The first kappa shape index (κ1) is 24.4. The number of hydrogen-bond donors (Lipinski definition) is 2. The number of nitrogens with one attached hydrogen (secondary N) is 2. The molecule has 2 saturated heterocycles. The molecule has 0 bridgehead atoms. The SMILES string of the molecule is CCNC(=NCCCN1CCCCCC1=O)NCCCN1CCCC1C(=O)N(C)C. The fourth-order valence-corrected chi connectivity index (χ4v) is 4.23. The van der Waals surface area contributed by atoms with Crippen LogP contribution in [0.25, 0.3) is 0 Å². The average molecular weight is 423 g/mol. The number of likely N-dealkylation sites (tertiary alicyclic amines) is 2. The molecule has 0 aromatic heterocycles. The van der Waals surface area contributed by atoms with Crippen molar-refractivity contribution in [3.8, 4) is 0 Å². The van der Waals surface area contributed by atoms with Gasteiger partial charge in [0.2, 0.25) is 11.8 Å². The minimum atomic E-state index is 0.0450. The average Bonchev–Trinajstić information content (AvgIpc) is 3.09. The van der Waals surface area contributed by atoms with Gasteiger partial charge >= 0.3 is 0 Å². The van der Waals surface area contributed by atoms with E-state index in [2.05, 4.69) is 27.4 Å². The Morgan fingerprint density at radius 1 is 1.10 bits per heavy atom. The molecule has 2 N–H and O–H groups in total. The molecule has 8 heteroatoms. The van der Waals surface area contributed by atoms with Crippen molar-refractivity contribution in [3.05, 3.63) is 0 Å². The maximum Gasteiger partial charge on any atom is 0.239 e. The molecule has 8 nitrogen and oxygen atoms in total. The summed E-state index contributed by atoms with van der Waals surface area (Å²) in [5.74, 6) is 1.36. The van der Waals surface area contributed by atoms with Gasteiger partial charge < -0.3 is 20.4 Å². The topological polar surface area (TPSA) is 80.3 Å². The zero-order valence-corrected chi connectivity index (χ0v) is 19.3. The maximum absolute atomic E-state index is 12.3. The normalized spacial score (nSPS) is 20.9. The zero-order chi connectivity index (χ0) is 21.8. The number of guanidine groups is 1. The second-order valence-corrected chi connectivity index (χ2v) is 8.51. The molecule has 30 heavy (non-hydrogen) atoms. The lowest BCUT2D eigenvalue weighted by Gasteiger charge is -2.26. The van der Waals surface area contributed by atoms with Crippen LogP contribution in [-0.2, 0) is 9.59 Å². The second-order valence-electron chi connectivity index (χ2n) is 8.51. The fraction of sp³-hybridized carbons (Fsp3) is 0.864. The number of hydrogen-bond acceptors (Lipinski definition) is 4. The van der Waals surface area contributed by atoms with Crippen LogP contribution in [0.4, 0.5) is 0 Å². The molecular weight excluding hydrogens is 380 g/mol. The Hall–Kier alpha value is -1.83. The van der Waals surface area contributed by atoms with Crippen LogP contribution in [0.3, 0.4) is 0 Å². The van der Waals surface area contributed by atoms with Crippen molar-refractivity contribution in [1.29, 1.82) is 0 Å². The molecule has 0 aliphatic carbocycles. The molecule has 1 atom stereocenters. The molecule has 0 aromatic rings. The largest absolute Gasteiger partial charge is 0.357 e. The van der Waals surface area contributed by atoms with Gasteiger partial charge in [-0.25, -0.2) is 0 Å². The molecule has 2 aliphatic heterocycles. The third-order valence-corrected chi connectivity index (χ3v) is 5.88. The highest BCUT2D eigenvalue weighted by Crippen LogP contribution is 2.18. The van der Waals surface area contributed by atoms with Crippen molar-refractivity contribution in [2.24, 2.45) is 4.99 Å². The van der Waals surface area contributed by atoms with Gasteiger partial charge in [-0.3, -0.25) is 19.5 Å². The van der Waals surface area contributed by atoms with Crippen molar-refractivity contribution in [2.75, 3.05) is 59.9 Å². The molecule has 2 fully saturated rings. The Morgan fingerprint density at radius 2 is 1.93 bits per heavy atom. The number of likely N-dealkylation sites (N-methyl/N-ethyl adjacent to an activating group) is 1. The molecule has 2 amide bonds. The van der Waals surface area contributed by atoms with Crippen LogP contribution in [-0.4, -0.2) is 98.4 Å². The van der Waals surface area contributed by atoms with Gasteiger partial charge in [0, 0.05) is 59.8 Å². The van der Waals surface area contributed by atoms with Gasteiger partial charge in [0.1, 0.15) is 0 Å². The molecule has 0 radical (unpaired) electrons. The smallest absolute Gasteiger partial charge is 0.239 e. The third-order valence-electron chi connectivity index (χ3n) is 5.88. The molecule has 0 spiro atoms. The standard InChI is InChI=1S/C22H42N6O2/c1-4-23-22(25-14-10-18-28-15-7-5-6-12-20(28)29)24-13-9-17-27-16-8-11-19(27)21(30)26(2)3/h19H,4-18H2,1-3H3,(H2,23,24,25). The summed E-state index contributed by atoms with van der Waals surface area (Å²) in [6.07, 6.45) is 7.95. The van der Waals surface area contributed by atoms with Gasteiger partial charge in [-0.1, -0.05) is 6.42 Å². The highest BCUT2D eigenvalue weighted by molar-refractivity contribution is 5.81. The zero-order valence-electron chi connectivity index (χ0n) is 19.3. The predicted molar refractivity (Wildman–Crippen MR) is 122 cm³/mol. The van der Waals surface area contributed by atoms with E-state index < -0.39 is 0 Å². The number of aliphatic imine (C=N–C) groups is 1. The molecule has 1 unspecified atom stereocenters. The number of carbonyl (C=O) groups is 2. The van der Waals surface area contributed by atoms with Crippen LogP contribution >= 0.6 is 0 Å². The van der Waals surface area contributed by atoms with Crippen molar-refractivity contribution in [3.63, 3.8) is 0 Å². The van der Waals surface area contributed by atoms with Gasteiger partial charge in [-0.2, -0.15) is 0 Å². The highest BCUT2D eigenvalue weighted by Gasteiger charge is 2.30.